The molecule has 1 unspecified atom stereocenters. The Morgan fingerprint density at radius 1 is 1.12 bits per heavy atom. The van der Waals surface area contributed by atoms with Gasteiger partial charge in [0.1, 0.15) is 29.8 Å². The quantitative estimate of drug-likeness (QED) is 0.134. The van der Waals surface area contributed by atoms with E-state index < -0.39 is 53.7 Å². The molecule has 0 saturated heterocycles. The number of phenolic OH excluding ortho intramolecular Hbond substituents is 1. The molecule has 1 aromatic rings. The van der Waals surface area contributed by atoms with Crippen LogP contribution in [0.1, 0.15) is 20.1 Å². The Balaban J connectivity index is -0.0000000878. The van der Waals surface area contributed by atoms with Crippen molar-refractivity contribution in [2.45, 2.75) is 25.2 Å². The minimum atomic E-state index is -3.85. The van der Waals surface area contributed by atoms with E-state index in [9.17, 15) is 18.0 Å². The number of ether oxygens (including phenoxy) is 1. The second-order valence-corrected chi connectivity index (χ2v) is 7.07. The van der Waals surface area contributed by atoms with E-state index in [0.29, 0.717) is 5.56 Å². The van der Waals surface area contributed by atoms with Gasteiger partial charge in [0.2, 0.25) is 0 Å². The van der Waals surface area contributed by atoms with Gasteiger partial charge in [0.15, 0.2) is 0 Å². The summed E-state index contributed by atoms with van der Waals surface area (Å²) in [6.07, 6.45) is -3.24. The molecule has 1 amide bonds. The van der Waals surface area contributed by atoms with Gasteiger partial charge in [-0.3, -0.25) is 9.50 Å². The summed E-state index contributed by atoms with van der Waals surface area (Å²) < 4.78 is 31.3. The molecule has 0 radical (unpaired) electrons. The number of esters is 1. The van der Waals surface area contributed by atoms with Gasteiger partial charge in [-0.25, -0.2) is 9.52 Å². The van der Waals surface area contributed by atoms with Crippen LogP contribution in [-0.2, 0) is 24.0 Å². The number of allylic oxidation sites excluding steroid dienone is 1. The molecular formula is C17H28FKNNaO12S. The Bertz CT molecular complexity index is 858. The molecule has 0 bridgehead atoms. The molecule has 1 aliphatic heterocycles. The Morgan fingerprint density at radius 3 is 1.88 bits per heavy atom. The molecule has 7 N–H and O–H groups in total. The molecule has 0 fully saturated rings. The summed E-state index contributed by atoms with van der Waals surface area (Å²) in [5.74, 6) is -0.866. The van der Waals surface area contributed by atoms with E-state index in [4.69, 9.17) is 30.6 Å². The fourth-order valence-corrected chi connectivity index (χ4v) is 2.48. The van der Waals surface area contributed by atoms with Crippen LogP contribution < -0.4 is 85.7 Å². The van der Waals surface area contributed by atoms with Crippen molar-refractivity contribution in [3.8, 4) is 5.75 Å². The van der Waals surface area contributed by atoms with Crippen LogP contribution in [0.2, 0.25) is 0 Å². The number of aliphatic hydroxyl groups excluding tert-OH is 5. The zero-order valence-electron chi connectivity index (χ0n) is 21.0. The van der Waals surface area contributed by atoms with Gasteiger partial charge in [-0.15, -0.1) is 0 Å². The van der Waals surface area contributed by atoms with Crippen LogP contribution in [0.15, 0.2) is 36.1 Å². The monoisotopic (exact) mass is 551 g/mol. The molecular weight excluding hydrogens is 523 g/mol. The largest absolute Gasteiger partial charge is 1.00 e. The number of aliphatic hydroxyl groups is 5. The number of carbonyl (C=O) groups is 2. The number of amides is 1. The van der Waals surface area contributed by atoms with Crippen molar-refractivity contribution in [2.24, 2.45) is 0 Å². The number of rotatable bonds is 5. The predicted molar refractivity (Wildman–Crippen MR) is 108 cm³/mol. The number of benzene rings is 1. The summed E-state index contributed by atoms with van der Waals surface area (Å²) in [5.41, 5.74) is 0.435. The minimum absolute atomic E-state index is 0. The van der Waals surface area contributed by atoms with Crippen LogP contribution in [0, 0.1) is 0 Å². The van der Waals surface area contributed by atoms with E-state index in [1.807, 2.05) is 0 Å². The second kappa shape index (κ2) is 21.0. The molecule has 1 aliphatic rings. The van der Waals surface area contributed by atoms with Gasteiger partial charge in [-0.05, 0) is 31.2 Å². The molecule has 2 rings (SSSR count). The van der Waals surface area contributed by atoms with Crippen molar-refractivity contribution < 1.29 is 146 Å². The van der Waals surface area contributed by atoms with E-state index >= 15 is 0 Å². The van der Waals surface area contributed by atoms with Crippen molar-refractivity contribution >= 4 is 22.2 Å². The molecule has 13 nitrogen and oxygen atoms in total. The van der Waals surface area contributed by atoms with Crippen LogP contribution in [0.4, 0.5) is 4.70 Å². The Labute approximate surface area is 263 Å². The van der Waals surface area contributed by atoms with E-state index in [0.717, 1.165) is 6.08 Å². The van der Waals surface area contributed by atoms with Crippen molar-refractivity contribution in [1.29, 1.82) is 0 Å². The van der Waals surface area contributed by atoms with Crippen molar-refractivity contribution in [1.82, 2.24) is 4.72 Å². The van der Waals surface area contributed by atoms with Gasteiger partial charge in [-0.1, -0.05) is 0 Å². The molecule has 1 aromatic carbocycles. The standard InChI is InChI=1S/C8H8O3.C5H12O5.C4H5NO4S.FH.K.Na.2H/c1-11-8(10)6-2-4-7(9)5-3-6;6-1-3(8)5(10)4(9)2-7;1-3-2-4(6)5-10(7,8)9-3;;;;;/h2-5,9H,1H3;3-10H,1-2H2;2H,1H3,(H,5,6);1H;;;;/q;;;;2*+1;2*-1/t;3-,4+,5?;;;;;;. The number of carbonyl (C=O) groups excluding carboxylic acids is 2. The number of aromatic hydroxyl groups is 1. The van der Waals surface area contributed by atoms with E-state index in [1.54, 1.807) is 4.72 Å². The third kappa shape index (κ3) is 17.3. The normalized spacial score (nSPS) is 15.5. The smallest absolute Gasteiger partial charge is 1.00 e. The Kier molecular flexibility index (Phi) is 25.2. The average molecular weight is 552 g/mol. The Morgan fingerprint density at radius 2 is 1.56 bits per heavy atom. The fraction of sp³-hybridized carbons (Fsp3) is 0.412. The molecule has 0 aliphatic carbocycles. The minimum Gasteiger partial charge on any atom is -1.00 e. The van der Waals surface area contributed by atoms with Crippen molar-refractivity contribution in [3.05, 3.63) is 41.7 Å². The van der Waals surface area contributed by atoms with Crippen molar-refractivity contribution in [3.63, 3.8) is 0 Å². The van der Waals surface area contributed by atoms with Gasteiger partial charge in [-0.2, -0.15) is 8.42 Å². The first kappa shape index (κ1) is 41.0. The summed E-state index contributed by atoms with van der Waals surface area (Å²) in [7, 11) is -2.53. The van der Waals surface area contributed by atoms with Gasteiger partial charge < -0.3 is 42.4 Å². The molecule has 188 valence electrons. The third-order valence-corrected chi connectivity index (χ3v) is 4.19. The molecule has 34 heavy (non-hydrogen) atoms. The first-order valence-corrected chi connectivity index (χ1v) is 9.85. The topological polar surface area (TPSA) is 220 Å². The SMILES string of the molecule is CC1=CC(=O)NS(=O)(=O)O1.COC(=O)c1ccc(O)cc1.F.OC[C@@H](O)C(O)[C@@H](O)CO.[H-].[H-].[K+].[Na+]. The van der Waals surface area contributed by atoms with Crippen molar-refractivity contribution in [2.75, 3.05) is 20.3 Å². The molecule has 0 saturated carbocycles. The number of methoxy groups -OCH3 is 1. The maximum absolute atomic E-state index is 10.8. The molecule has 1 heterocycles. The first-order chi connectivity index (χ1) is 14.4. The summed E-state index contributed by atoms with van der Waals surface area (Å²) >= 11 is 0. The van der Waals surface area contributed by atoms with Crippen LogP contribution in [0.25, 0.3) is 0 Å². The number of phenols is 1. The Hall–Kier alpha value is -0.184. The van der Waals surface area contributed by atoms with Crippen LogP contribution >= 0.6 is 0 Å². The number of hydrogen-bond acceptors (Lipinski definition) is 12. The number of hydrogen-bond donors (Lipinski definition) is 7. The zero-order valence-corrected chi connectivity index (χ0v) is 24.9. The van der Waals surface area contributed by atoms with Gasteiger partial charge in [0.25, 0.3) is 5.91 Å². The van der Waals surface area contributed by atoms with E-state index in [2.05, 4.69) is 8.92 Å². The second-order valence-electron chi connectivity index (χ2n) is 5.79. The number of halogens is 1. The predicted octanol–water partition coefficient (Wildman–Crippen LogP) is -8.10. The van der Waals surface area contributed by atoms with Gasteiger partial charge >= 0.3 is 97.2 Å². The summed E-state index contributed by atoms with van der Waals surface area (Å²) in [6.45, 7) is 0.104. The average Bonchev–Trinajstić information content (AvgIpc) is 2.71. The number of nitrogens with one attached hydrogen (secondary N) is 1. The van der Waals surface area contributed by atoms with Gasteiger partial charge in [0, 0.05) is 6.08 Å². The first-order valence-electron chi connectivity index (χ1n) is 8.44. The van der Waals surface area contributed by atoms with E-state index in [-0.39, 0.29) is 100 Å². The third-order valence-electron chi connectivity index (χ3n) is 3.25. The maximum Gasteiger partial charge on any atom is 1.00 e. The summed E-state index contributed by atoms with van der Waals surface area (Å²) in [6, 6.07) is 5.88. The maximum atomic E-state index is 10.8. The van der Waals surface area contributed by atoms with Crippen LogP contribution in [-0.4, -0.2) is 89.6 Å². The molecule has 17 heteroatoms. The van der Waals surface area contributed by atoms with Crippen LogP contribution in [0.3, 0.4) is 0 Å². The molecule has 0 aromatic heterocycles. The summed E-state index contributed by atoms with van der Waals surface area (Å²) in [4.78, 5) is 21.3. The molecule has 3 atom stereocenters. The zero-order chi connectivity index (χ0) is 24.2. The molecule has 0 spiro atoms. The summed E-state index contributed by atoms with van der Waals surface area (Å²) in [5, 5.41) is 51.4. The van der Waals surface area contributed by atoms with Crippen LogP contribution in [0.5, 0.6) is 5.75 Å². The fourth-order valence-electron chi connectivity index (χ4n) is 1.74. The van der Waals surface area contributed by atoms with Gasteiger partial charge in [0.05, 0.1) is 25.9 Å². The van der Waals surface area contributed by atoms with E-state index in [1.165, 1.54) is 38.3 Å².